The summed E-state index contributed by atoms with van der Waals surface area (Å²) in [5.41, 5.74) is 2.33. The molecule has 1 amide bonds. The zero-order valence-electron chi connectivity index (χ0n) is 15.3. The molecule has 0 aliphatic carbocycles. The molecule has 1 aromatic heterocycles. The standard InChI is InChI=1S/C19H26N4O/c1-18(2,3)13-7-9-14(10-8-13)20-16-12-11-15(22-23-16)17(24)21-19(4,5)6/h7-12H,1-6H3,(H,20,23)(H,21,24). The zero-order chi connectivity index (χ0) is 18.0. The summed E-state index contributed by atoms with van der Waals surface area (Å²) in [5.74, 6) is 0.377. The minimum Gasteiger partial charge on any atom is -0.346 e. The first kappa shape index (κ1) is 17.9. The van der Waals surface area contributed by atoms with Crippen molar-refractivity contribution in [3.8, 4) is 0 Å². The molecule has 2 aromatic rings. The molecule has 0 radical (unpaired) electrons. The molecular weight excluding hydrogens is 300 g/mol. The van der Waals surface area contributed by atoms with Crippen molar-refractivity contribution in [2.45, 2.75) is 52.5 Å². The minimum atomic E-state index is -0.301. The lowest BCUT2D eigenvalue weighted by Gasteiger charge is -2.20. The fraction of sp³-hybridized carbons (Fsp3) is 0.421. The number of amides is 1. The van der Waals surface area contributed by atoms with Crippen LogP contribution in [-0.4, -0.2) is 21.6 Å². The van der Waals surface area contributed by atoms with Gasteiger partial charge in [-0.05, 0) is 56.0 Å². The molecule has 2 N–H and O–H groups in total. The quantitative estimate of drug-likeness (QED) is 0.893. The van der Waals surface area contributed by atoms with Crippen molar-refractivity contribution in [2.24, 2.45) is 0 Å². The van der Waals surface area contributed by atoms with Crippen LogP contribution in [0.3, 0.4) is 0 Å². The fourth-order valence-electron chi connectivity index (χ4n) is 2.13. The highest BCUT2D eigenvalue weighted by Crippen LogP contribution is 2.24. The molecule has 0 saturated carbocycles. The van der Waals surface area contributed by atoms with E-state index in [1.165, 1.54) is 5.56 Å². The van der Waals surface area contributed by atoms with Gasteiger partial charge in [-0.3, -0.25) is 4.79 Å². The number of nitrogens with zero attached hydrogens (tertiary/aromatic N) is 2. The van der Waals surface area contributed by atoms with Crippen LogP contribution in [0.25, 0.3) is 0 Å². The normalized spacial score (nSPS) is 11.9. The summed E-state index contributed by atoms with van der Waals surface area (Å²) >= 11 is 0. The van der Waals surface area contributed by atoms with Crippen LogP contribution >= 0.6 is 0 Å². The molecule has 5 heteroatoms. The van der Waals surface area contributed by atoms with Crippen LogP contribution in [0.2, 0.25) is 0 Å². The highest BCUT2D eigenvalue weighted by Gasteiger charge is 2.16. The highest BCUT2D eigenvalue weighted by atomic mass is 16.2. The van der Waals surface area contributed by atoms with E-state index >= 15 is 0 Å². The number of carbonyl (C=O) groups is 1. The summed E-state index contributed by atoms with van der Waals surface area (Å²) in [4.78, 5) is 12.0. The van der Waals surface area contributed by atoms with E-state index in [-0.39, 0.29) is 16.9 Å². The van der Waals surface area contributed by atoms with Crippen LogP contribution < -0.4 is 10.6 Å². The molecule has 5 nitrogen and oxygen atoms in total. The predicted octanol–water partition coefficient (Wildman–Crippen LogP) is 4.05. The van der Waals surface area contributed by atoms with E-state index < -0.39 is 0 Å². The SMILES string of the molecule is CC(C)(C)NC(=O)c1ccc(Nc2ccc(C(C)(C)C)cc2)nn1. The molecular formula is C19H26N4O. The summed E-state index contributed by atoms with van der Waals surface area (Å²) in [5, 5.41) is 14.1. The first-order chi connectivity index (χ1) is 11.0. The Hall–Kier alpha value is -2.43. The first-order valence-electron chi connectivity index (χ1n) is 8.08. The largest absolute Gasteiger partial charge is 0.346 e. The second-order valence-corrected chi connectivity index (χ2v) is 7.96. The van der Waals surface area contributed by atoms with Crippen LogP contribution in [0, 0.1) is 0 Å². The van der Waals surface area contributed by atoms with E-state index in [1.54, 1.807) is 12.1 Å². The molecule has 2 rings (SSSR count). The van der Waals surface area contributed by atoms with Crippen molar-refractivity contribution < 1.29 is 4.79 Å². The summed E-state index contributed by atoms with van der Waals surface area (Å²) in [7, 11) is 0. The molecule has 0 saturated heterocycles. The van der Waals surface area contributed by atoms with E-state index in [0.29, 0.717) is 11.5 Å². The molecule has 24 heavy (non-hydrogen) atoms. The minimum absolute atomic E-state index is 0.125. The van der Waals surface area contributed by atoms with E-state index in [4.69, 9.17) is 0 Å². The van der Waals surface area contributed by atoms with Gasteiger partial charge in [-0.2, -0.15) is 0 Å². The van der Waals surface area contributed by atoms with Crippen molar-refractivity contribution >= 4 is 17.4 Å². The van der Waals surface area contributed by atoms with Gasteiger partial charge < -0.3 is 10.6 Å². The van der Waals surface area contributed by atoms with Crippen molar-refractivity contribution in [3.63, 3.8) is 0 Å². The van der Waals surface area contributed by atoms with Gasteiger partial charge in [0.15, 0.2) is 11.5 Å². The van der Waals surface area contributed by atoms with Crippen molar-refractivity contribution in [2.75, 3.05) is 5.32 Å². The summed E-state index contributed by atoms with van der Waals surface area (Å²) in [6.45, 7) is 12.3. The van der Waals surface area contributed by atoms with E-state index in [9.17, 15) is 4.79 Å². The number of hydrogen-bond donors (Lipinski definition) is 2. The number of rotatable bonds is 3. The van der Waals surface area contributed by atoms with Crippen LogP contribution in [0.5, 0.6) is 0 Å². The Kier molecular flexibility index (Phi) is 4.92. The third-order valence-corrected chi connectivity index (χ3v) is 3.41. The molecule has 0 spiro atoms. The lowest BCUT2D eigenvalue weighted by atomic mass is 9.87. The number of carbonyl (C=O) groups excluding carboxylic acids is 1. The molecule has 128 valence electrons. The summed E-state index contributed by atoms with van der Waals surface area (Å²) in [6.07, 6.45) is 0. The Bertz CT molecular complexity index is 692. The Morgan fingerprint density at radius 2 is 1.50 bits per heavy atom. The van der Waals surface area contributed by atoms with Crippen molar-refractivity contribution in [3.05, 3.63) is 47.7 Å². The van der Waals surface area contributed by atoms with Gasteiger partial charge in [0.25, 0.3) is 5.91 Å². The summed E-state index contributed by atoms with van der Waals surface area (Å²) in [6, 6.07) is 11.6. The number of anilines is 2. The monoisotopic (exact) mass is 326 g/mol. The zero-order valence-corrected chi connectivity index (χ0v) is 15.3. The van der Waals surface area contributed by atoms with Gasteiger partial charge in [-0.15, -0.1) is 10.2 Å². The molecule has 1 heterocycles. The summed E-state index contributed by atoms with van der Waals surface area (Å²) < 4.78 is 0. The molecule has 0 aliphatic heterocycles. The lowest BCUT2D eigenvalue weighted by molar-refractivity contribution is 0.0913. The molecule has 0 fully saturated rings. The average Bonchev–Trinajstić information content (AvgIpc) is 2.46. The van der Waals surface area contributed by atoms with Gasteiger partial charge in [-0.1, -0.05) is 32.9 Å². The Morgan fingerprint density at radius 3 is 1.96 bits per heavy atom. The smallest absolute Gasteiger partial charge is 0.272 e. The number of nitrogens with one attached hydrogen (secondary N) is 2. The average molecular weight is 326 g/mol. The maximum absolute atomic E-state index is 12.0. The third-order valence-electron chi connectivity index (χ3n) is 3.41. The van der Waals surface area contributed by atoms with Gasteiger partial charge in [0.1, 0.15) is 0 Å². The number of hydrogen-bond acceptors (Lipinski definition) is 4. The highest BCUT2D eigenvalue weighted by molar-refractivity contribution is 5.92. The van der Waals surface area contributed by atoms with Crippen molar-refractivity contribution in [1.29, 1.82) is 0 Å². The Morgan fingerprint density at radius 1 is 0.875 bits per heavy atom. The number of benzene rings is 1. The van der Waals surface area contributed by atoms with E-state index in [0.717, 1.165) is 5.69 Å². The van der Waals surface area contributed by atoms with Gasteiger partial charge in [0, 0.05) is 11.2 Å². The first-order valence-corrected chi connectivity index (χ1v) is 8.08. The van der Waals surface area contributed by atoms with Crippen LogP contribution in [0.1, 0.15) is 57.6 Å². The van der Waals surface area contributed by atoms with E-state index in [1.807, 2.05) is 32.9 Å². The van der Waals surface area contributed by atoms with Crippen LogP contribution in [0.4, 0.5) is 11.5 Å². The fourth-order valence-corrected chi connectivity index (χ4v) is 2.13. The van der Waals surface area contributed by atoms with Crippen molar-refractivity contribution in [1.82, 2.24) is 15.5 Å². The van der Waals surface area contributed by atoms with Crippen LogP contribution in [0.15, 0.2) is 36.4 Å². The number of aromatic nitrogens is 2. The van der Waals surface area contributed by atoms with Gasteiger partial charge >= 0.3 is 0 Å². The van der Waals surface area contributed by atoms with Gasteiger partial charge in [0.05, 0.1) is 0 Å². The molecule has 0 atom stereocenters. The molecule has 0 bridgehead atoms. The van der Waals surface area contributed by atoms with Gasteiger partial charge in [-0.25, -0.2) is 0 Å². The molecule has 1 aromatic carbocycles. The maximum Gasteiger partial charge on any atom is 0.272 e. The predicted molar refractivity (Wildman–Crippen MR) is 97.7 cm³/mol. The van der Waals surface area contributed by atoms with Gasteiger partial charge in [0.2, 0.25) is 0 Å². The molecule has 0 unspecified atom stereocenters. The second-order valence-electron chi connectivity index (χ2n) is 7.96. The topological polar surface area (TPSA) is 66.9 Å². The van der Waals surface area contributed by atoms with E-state index in [2.05, 4.69) is 53.7 Å². The maximum atomic E-state index is 12.0. The lowest BCUT2D eigenvalue weighted by Crippen LogP contribution is -2.41. The third kappa shape index (κ3) is 5.05. The second kappa shape index (κ2) is 6.59. The molecule has 0 aliphatic rings. The Balaban J connectivity index is 2.05. The Labute approximate surface area is 143 Å². The van der Waals surface area contributed by atoms with Crippen LogP contribution in [-0.2, 0) is 5.41 Å².